The molecule has 0 fully saturated rings. The number of aromatic carboxylic acids is 1. The first-order valence-electron chi connectivity index (χ1n) is 8.22. The van der Waals surface area contributed by atoms with Crippen molar-refractivity contribution in [2.24, 2.45) is 0 Å². The minimum atomic E-state index is -0.977. The Balaban J connectivity index is 2.35. The molecule has 5 heteroatoms. The summed E-state index contributed by atoms with van der Waals surface area (Å²) >= 11 is 0. The molecule has 0 radical (unpaired) electrons. The molecule has 0 saturated heterocycles. The van der Waals surface area contributed by atoms with Crippen LogP contribution in [-0.2, 0) is 0 Å². The number of hydrogen-bond acceptors (Lipinski definition) is 2. The van der Waals surface area contributed by atoms with Gasteiger partial charge < -0.3 is 10.0 Å². The highest BCUT2D eigenvalue weighted by Crippen LogP contribution is 2.21. The lowest BCUT2D eigenvalue weighted by atomic mass is 10.1. The van der Waals surface area contributed by atoms with E-state index in [0.29, 0.717) is 10.9 Å². The molecule has 0 atom stereocenters. The Labute approximate surface area is 136 Å². The molecule has 1 amide bonds. The number of unbranched alkanes of at least 4 members (excludes halogenated alkanes) is 2. The maximum absolute atomic E-state index is 12.9. The van der Waals surface area contributed by atoms with E-state index >= 15 is 0 Å². The smallest absolute Gasteiger partial charge is 0.336 e. The highest BCUT2D eigenvalue weighted by molar-refractivity contribution is 6.05. The molecule has 1 N–H and O–H groups in total. The standard InChI is InChI=1S/C18H24N2O3/c1-3-5-11-19(12-6-4-2)18(23)20-13-10-14-15(17(21)22)8-7-9-16(14)20/h7-10,13H,3-6,11-12H2,1-2H3,(H,21,22). The van der Waals surface area contributed by atoms with Gasteiger partial charge in [-0.05, 0) is 31.0 Å². The predicted molar refractivity (Wildman–Crippen MR) is 91.1 cm³/mol. The fraction of sp³-hybridized carbons (Fsp3) is 0.444. The maximum Gasteiger partial charge on any atom is 0.336 e. The quantitative estimate of drug-likeness (QED) is 0.832. The zero-order chi connectivity index (χ0) is 16.8. The number of hydrogen-bond donors (Lipinski definition) is 1. The molecular weight excluding hydrogens is 292 g/mol. The van der Waals surface area contributed by atoms with Gasteiger partial charge in [0.15, 0.2) is 0 Å². The van der Waals surface area contributed by atoms with E-state index in [9.17, 15) is 14.7 Å². The molecule has 2 rings (SSSR count). The van der Waals surface area contributed by atoms with Gasteiger partial charge in [0, 0.05) is 24.7 Å². The molecule has 0 unspecified atom stereocenters. The van der Waals surface area contributed by atoms with Crippen LogP contribution in [-0.4, -0.2) is 39.7 Å². The van der Waals surface area contributed by atoms with Gasteiger partial charge in [0.2, 0.25) is 0 Å². The summed E-state index contributed by atoms with van der Waals surface area (Å²) in [6, 6.07) is 6.65. The van der Waals surface area contributed by atoms with Crippen molar-refractivity contribution < 1.29 is 14.7 Å². The van der Waals surface area contributed by atoms with Crippen LogP contribution in [0.1, 0.15) is 49.9 Å². The zero-order valence-corrected chi connectivity index (χ0v) is 13.8. The molecule has 124 valence electrons. The van der Waals surface area contributed by atoms with Gasteiger partial charge in [0.05, 0.1) is 11.1 Å². The fourth-order valence-corrected chi connectivity index (χ4v) is 2.67. The maximum atomic E-state index is 12.9. The second kappa shape index (κ2) is 7.81. The molecule has 23 heavy (non-hydrogen) atoms. The van der Waals surface area contributed by atoms with Crippen molar-refractivity contribution >= 4 is 22.9 Å². The Bertz CT molecular complexity index is 683. The number of nitrogens with zero attached hydrogens (tertiary/aromatic N) is 2. The molecule has 1 heterocycles. The van der Waals surface area contributed by atoms with Crippen molar-refractivity contribution in [3.05, 3.63) is 36.0 Å². The van der Waals surface area contributed by atoms with E-state index < -0.39 is 5.97 Å². The molecule has 0 aliphatic heterocycles. The molecule has 0 spiro atoms. The Kier molecular flexibility index (Phi) is 5.79. The van der Waals surface area contributed by atoms with Crippen LogP contribution >= 0.6 is 0 Å². The van der Waals surface area contributed by atoms with E-state index in [1.807, 2.05) is 4.90 Å². The first kappa shape index (κ1) is 17.1. The first-order valence-corrected chi connectivity index (χ1v) is 8.22. The van der Waals surface area contributed by atoms with Gasteiger partial charge in [-0.2, -0.15) is 0 Å². The predicted octanol–water partition coefficient (Wildman–Crippen LogP) is 4.21. The second-order valence-corrected chi connectivity index (χ2v) is 5.71. The van der Waals surface area contributed by atoms with Gasteiger partial charge in [-0.3, -0.25) is 4.57 Å². The topological polar surface area (TPSA) is 62.5 Å². The van der Waals surface area contributed by atoms with Crippen molar-refractivity contribution in [1.29, 1.82) is 0 Å². The number of aromatic nitrogens is 1. The van der Waals surface area contributed by atoms with Gasteiger partial charge >= 0.3 is 12.0 Å². The molecule has 5 nitrogen and oxygen atoms in total. The third-order valence-electron chi connectivity index (χ3n) is 4.00. The van der Waals surface area contributed by atoms with Crippen LogP contribution in [0.2, 0.25) is 0 Å². The number of fused-ring (bicyclic) bond motifs is 1. The van der Waals surface area contributed by atoms with Gasteiger partial charge in [-0.1, -0.05) is 32.8 Å². The summed E-state index contributed by atoms with van der Waals surface area (Å²) in [6.07, 6.45) is 5.67. The third-order valence-corrected chi connectivity index (χ3v) is 4.00. The van der Waals surface area contributed by atoms with Crippen LogP contribution in [0, 0.1) is 0 Å². The number of rotatable bonds is 7. The fourth-order valence-electron chi connectivity index (χ4n) is 2.67. The van der Waals surface area contributed by atoms with E-state index in [1.165, 1.54) is 0 Å². The van der Waals surface area contributed by atoms with Crippen LogP contribution in [0.3, 0.4) is 0 Å². The lowest BCUT2D eigenvalue weighted by Crippen LogP contribution is -2.36. The summed E-state index contributed by atoms with van der Waals surface area (Å²) < 4.78 is 1.56. The molecule has 0 aliphatic carbocycles. The minimum Gasteiger partial charge on any atom is -0.478 e. The molecule has 0 saturated carbocycles. The summed E-state index contributed by atoms with van der Waals surface area (Å²) in [5, 5.41) is 9.86. The average Bonchev–Trinajstić information content (AvgIpc) is 2.98. The monoisotopic (exact) mass is 316 g/mol. The highest BCUT2D eigenvalue weighted by atomic mass is 16.4. The molecule has 1 aromatic carbocycles. The lowest BCUT2D eigenvalue weighted by Gasteiger charge is -2.23. The summed E-state index contributed by atoms with van der Waals surface area (Å²) in [6.45, 7) is 5.67. The largest absolute Gasteiger partial charge is 0.478 e. The molecule has 1 aromatic heterocycles. The number of amides is 1. The Morgan fingerprint density at radius 2 is 1.74 bits per heavy atom. The second-order valence-electron chi connectivity index (χ2n) is 5.71. The van der Waals surface area contributed by atoms with E-state index in [1.54, 1.807) is 35.0 Å². The van der Waals surface area contributed by atoms with Crippen molar-refractivity contribution in [2.45, 2.75) is 39.5 Å². The SMILES string of the molecule is CCCCN(CCCC)C(=O)n1ccc2c(C(=O)O)cccc21. The summed E-state index contributed by atoms with van der Waals surface area (Å²) in [5.74, 6) is -0.977. The normalized spacial score (nSPS) is 10.9. The van der Waals surface area contributed by atoms with E-state index in [0.717, 1.165) is 38.8 Å². The minimum absolute atomic E-state index is 0.0792. The van der Waals surface area contributed by atoms with Crippen LogP contribution in [0.4, 0.5) is 4.79 Å². The summed E-state index contributed by atoms with van der Waals surface area (Å²) in [5.41, 5.74) is 0.871. The van der Waals surface area contributed by atoms with Crippen LogP contribution in [0.25, 0.3) is 10.9 Å². The van der Waals surface area contributed by atoms with Gasteiger partial charge in [-0.15, -0.1) is 0 Å². The van der Waals surface area contributed by atoms with E-state index in [2.05, 4.69) is 13.8 Å². The first-order chi connectivity index (χ1) is 11.1. The van der Waals surface area contributed by atoms with Gasteiger partial charge in [0.25, 0.3) is 0 Å². The van der Waals surface area contributed by atoms with E-state index in [4.69, 9.17) is 0 Å². The summed E-state index contributed by atoms with van der Waals surface area (Å²) in [4.78, 5) is 26.0. The highest BCUT2D eigenvalue weighted by Gasteiger charge is 2.18. The van der Waals surface area contributed by atoms with Crippen molar-refractivity contribution in [3.8, 4) is 0 Å². The number of carboxylic acid groups (broad SMARTS) is 1. The average molecular weight is 316 g/mol. The van der Waals surface area contributed by atoms with Crippen LogP contribution in [0.15, 0.2) is 30.5 Å². The van der Waals surface area contributed by atoms with Gasteiger partial charge in [-0.25, -0.2) is 9.59 Å². The summed E-state index contributed by atoms with van der Waals surface area (Å²) in [7, 11) is 0. The van der Waals surface area contributed by atoms with Crippen LogP contribution < -0.4 is 0 Å². The molecule has 0 bridgehead atoms. The molecule has 2 aromatic rings. The van der Waals surface area contributed by atoms with Crippen molar-refractivity contribution in [3.63, 3.8) is 0 Å². The van der Waals surface area contributed by atoms with Crippen LogP contribution in [0.5, 0.6) is 0 Å². The van der Waals surface area contributed by atoms with Crippen molar-refractivity contribution in [1.82, 2.24) is 9.47 Å². The number of benzene rings is 1. The number of carbonyl (C=O) groups excluding carboxylic acids is 1. The Morgan fingerprint density at radius 3 is 2.30 bits per heavy atom. The Hall–Kier alpha value is -2.30. The number of carbonyl (C=O) groups is 2. The van der Waals surface area contributed by atoms with E-state index in [-0.39, 0.29) is 11.6 Å². The number of carboxylic acids is 1. The molecule has 0 aliphatic rings. The van der Waals surface area contributed by atoms with Crippen molar-refractivity contribution in [2.75, 3.05) is 13.1 Å². The molecular formula is C18H24N2O3. The Morgan fingerprint density at radius 1 is 1.09 bits per heavy atom. The zero-order valence-electron chi connectivity index (χ0n) is 13.8. The third kappa shape index (κ3) is 3.73. The lowest BCUT2D eigenvalue weighted by molar-refractivity contribution is 0.0699. The van der Waals surface area contributed by atoms with Gasteiger partial charge in [0.1, 0.15) is 0 Å².